The van der Waals surface area contributed by atoms with Crippen LogP contribution in [0.25, 0.3) is 0 Å². The fraction of sp³-hybridized carbons (Fsp3) is 1.00. The summed E-state index contributed by atoms with van der Waals surface area (Å²) in [6, 6.07) is 0.712. The summed E-state index contributed by atoms with van der Waals surface area (Å²) in [6.45, 7) is 5.30. The summed E-state index contributed by atoms with van der Waals surface area (Å²) < 4.78 is 5.55. The maximum Gasteiger partial charge on any atom is 0.0636 e. The lowest BCUT2D eigenvalue weighted by atomic mass is 9.95. The zero-order chi connectivity index (χ0) is 12.3. The number of rotatable bonds is 3. The number of hydrogen-bond acceptors (Lipinski definition) is 4. The van der Waals surface area contributed by atoms with Crippen molar-refractivity contribution in [1.82, 2.24) is 9.80 Å². The average Bonchev–Trinajstić information content (AvgIpc) is 2.32. The lowest BCUT2D eigenvalue weighted by Gasteiger charge is -2.39. The molecule has 4 nitrogen and oxygen atoms in total. The molecule has 0 aromatic carbocycles. The largest absolute Gasteiger partial charge is 0.380 e. The molecular formula is C13H27N3O. The van der Waals surface area contributed by atoms with Crippen molar-refractivity contribution in [1.29, 1.82) is 0 Å². The molecule has 0 aromatic rings. The first-order valence-electron chi connectivity index (χ1n) is 6.89. The van der Waals surface area contributed by atoms with Gasteiger partial charge in [-0.3, -0.25) is 4.90 Å². The van der Waals surface area contributed by atoms with Crippen molar-refractivity contribution in [2.75, 3.05) is 46.9 Å². The lowest BCUT2D eigenvalue weighted by Crippen LogP contribution is -2.53. The van der Waals surface area contributed by atoms with Gasteiger partial charge in [-0.05, 0) is 52.4 Å². The molecule has 0 aliphatic carbocycles. The highest BCUT2D eigenvalue weighted by molar-refractivity contribution is 4.85. The van der Waals surface area contributed by atoms with Crippen LogP contribution >= 0.6 is 0 Å². The van der Waals surface area contributed by atoms with E-state index in [-0.39, 0.29) is 0 Å². The van der Waals surface area contributed by atoms with Crippen molar-refractivity contribution in [3.05, 3.63) is 0 Å². The van der Waals surface area contributed by atoms with Crippen molar-refractivity contribution in [3.63, 3.8) is 0 Å². The van der Waals surface area contributed by atoms with E-state index in [2.05, 4.69) is 23.9 Å². The van der Waals surface area contributed by atoms with E-state index in [1.807, 2.05) is 0 Å². The second kappa shape index (κ2) is 6.14. The maximum atomic E-state index is 6.18. The van der Waals surface area contributed by atoms with Crippen molar-refractivity contribution in [3.8, 4) is 0 Å². The molecule has 0 saturated carbocycles. The van der Waals surface area contributed by atoms with Gasteiger partial charge in [-0.15, -0.1) is 0 Å². The van der Waals surface area contributed by atoms with Crippen LogP contribution in [0.5, 0.6) is 0 Å². The minimum Gasteiger partial charge on any atom is -0.380 e. The van der Waals surface area contributed by atoms with Crippen molar-refractivity contribution >= 4 is 0 Å². The highest BCUT2D eigenvalue weighted by Gasteiger charge is 2.28. The highest BCUT2D eigenvalue weighted by atomic mass is 16.5. The summed E-state index contributed by atoms with van der Waals surface area (Å²) in [5.41, 5.74) is 6.18. The van der Waals surface area contributed by atoms with E-state index in [9.17, 15) is 0 Å². The molecule has 2 aliphatic heterocycles. The van der Waals surface area contributed by atoms with Crippen LogP contribution in [0.3, 0.4) is 0 Å². The van der Waals surface area contributed by atoms with Gasteiger partial charge in [0.15, 0.2) is 0 Å². The summed E-state index contributed by atoms with van der Waals surface area (Å²) in [5, 5.41) is 0. The number of nitrogens with two attached hydrogens (primary N) is 1. The SMILES string of the molecule is CN1CCC(CN(C)C2COCCC2N)CC1. The van der Waals surface area contributed by atoms with E-state index < -0.39 is 0 Å². The minimum atomic E-state index is 0.292. The van der Waals surface area contributed by atoms with Gasteiger partial charge >= 0.3 is 0 Å². The molecule has 2 unspecified atom stereocenters. The van der Waals surface area contributed by atoms with Gasteiger partial charge in [-0.1, -0.05) is 0 Å². The Labute approximate surface area is 105 Å². The maximum absolute atomic E-state index is 6.18. The molecule has 2 atom stereocenters. The molecule has 2 aliphatic rings. The Morgan fingerprint density at radius 3 is 2.65 bits per heavy atom. The monoisotopic (exact) mass is 241 g/mol. The van der Waals surface area contributed by atoms with E-state index in [1.54, 1.807) is 0 Å². The van der Waals surface area contributed by atoms with Crippen LogP contribution in [-0.4, -0.2) is 68.8 Å². The Morgan fingerprint density at radius 1 is 1.29 bits per heavy atom. The summed E-state index contributed by atoms with van der Waals surface area (Å²) in [4.78, 5) is 4.85. The molecule has 2 heterocycles. The first-order valence-corrected chi connectivity index (χ1v) is 6.89. The molecule has 0 spiro atoms. The fourth-order valence-corrected chi connectivity index (χ4v) is 2.98. The van der Waals surface area contributed by atoms with Crippen molar-refractivity contribution < 1.29 is 4.74 Å². The standard InChI is InChI=1S/C13H27N3O/c1-15-6-3-11(4-7-15)9-16(2)13-10-17-8-5-12(13)14/h11-13H,3-10,14H2,1-2H3. The normalized spacial score (nSPS) is 33.2. The Morgan fingerprint density at radius 2 is 2.00 bits per heavy atom. The molecule has 2 N–H and O–H groups in total. The van der Waals surface area contributed by atoms with Crippen LogP contribution in [0.4, 0.5) is 0 Å². The number of likely N-dealkylation sites (tertiary alicyclic amines) is 1. The Kier molecular flexibility index (Phi) is 4.79. The summed E-state index contributed by atoms with van der Waals surface area (Å²) >= 11 is 0. The Balaban J connectivity index is 1.77. The molecule has 2 rings (SSSR count). The third-order valence-electron chi connectivity index (χ3n) is 4.33. The zero-order valence-corrected chi connectivity index (χ0v) is 11.3. The quantitative estimate of drug-likeness (QED) is 0.775. The number of nitrogens with zero attached hydrogens (tertiary/aromatic N) is 2. The van der Waals surface area contributed by atoms with Crippen LogP contribution in [0, 0.1) is 5.92 Å². The molecule has 100 valence electrons. The van der Waals surface area contributed by atoms with E-state index in [1.165, 1.54) is 32.5 Å². The smallest absolute Gasteiger partial charge is 0.0636 e. The molecule has 4 heteroatoms. The predicted molar refractivity (Wildman–Crippen MR) is 70.1 cm³/mol. The predicted octanol–water partition coefficient (Wildman–Crippen LogP) is 0.376. The third-order valence-corrected chi connectivity index (χ3v) is 4.33. The van der Waals surface area contributed by atoms with Crippen molar-refractivity contribution in [2.45, 2.75) is 31.3 Å². The van der Waals surface area contributed by atoms with Crippen LogP contribution in [0.2, 0.25) is 0 Å². The first-order chi connectivity index (χ1) is 8.16. The van der Waals surface area contributed by atoms with Gasteiger partial charge in [-0.25, -0.2) is 0 Å². The lowest BCUT2D eigenvalue weighted by molar-refractivity contribution is 0.00731. The molecule has 2 fully saturated rings. The van der Waals surface area contributed by atoms with E-state index in [0.29, 0.717) is 12.1 Å². The molecule has 0 amide bonds. The summed E-state index contributed by atoms with van der Waals surface area (Å²) in [7, 11) is 4.42. The number of ether oxygens (including phenoxy) is 1. The molecule has 0 bridgehead atoms. The summed E-state index contributed by atoms with van der Waals surface area (Å²) in [6.07, 6.45) is 3.65. The highest BCUT2D eigenvalue weighted by Crippen LogP contribution is 2.19. The van der Waals surface area contributed by atoms with Crippen LogP contribution in [-0.2, 0) is 4.74 Å². The minimum absolute atomic E-state index is 0.292. The summed E-state index contributed by atoms with van der Waals surface area (Å²) in [5.74, 6) is 0.838. The fourth-order valence-electron chi connectivity index (χ4n) is 2.98. The van der Waals surface area contributed by atoms with Crippen LogP contribution in [0.15, 0.2) is 0 Å². The second-order valence-electron chi connectivity index (χ2n) is 5.78. The van der Waals surface area contributed by atoms with Gasteiger partial charge < -0.3 is 15.4 Å². The topological polar surface area (TPSA) is 41.7 Å². The first kappa shape index (κ1) is 13.3. The van der Waals surface area contributed by atoms with Gasteiger partial charge in [0.1, 0.15) is 0 Å². The van der Waals surface area contributed by atoms with Crippen molar-refractivity contribution in [2.24, 2.45) is 11.7 Å². The molecule has 0 radical (unpaired) electrons. The third kappa shape index (κ3) is 3.65. The van der Waals surface area contributed by atoms with Gasteiger partial charge in [-0.2, -0.15) is 0 Å². The molecule has 0 aromatic heterocycles. The number of hydrogen-bond donors (Lipinski definition) is 1. The van der Waals surface area contributed by atoms with Gasteiger partial charge in [0.2, 0.25) is 0 Å². The van der Waals surface area contributed by atoms with Crippen LogP contribution < -0.4 is 5.73 Å². The van der Waals surface area contributed by atoms with Gasteiger partial charge in [0.25, 0.3) is 0 Å². The Bertz CT molecular complexity index is 229. The number of likely N-dealkylation sites (N-methyl/N-ethyl adjacent to an activating group) is 1. The van der Waals surface area contributed by atoms with E-state index >= 15 is 0 Å². The number of piperidine rings is 1. The zero-order valence-electron chi connectivity index (χ0n) is 11.3. The molecular weight excluding hydrogens is 214 g/mol. The van der Waals surface area contributed by atoms with Gasteiger partial charge in [0, 0.05) is 25.2 Å². The average molecular weight is 241 g/mol. The Hall–Kier alpha value is -0.160. The van der Waals surface area contributed by atoms with E-state index in [0.717, 1.165) is 25.6 Å². The van der Waals surface area contributed by atoms with Crippen LogP contribution in [0.1, 0.15) is 19.3 Å². The van der Waals surface area contributed by atoms with Gasteiger partial charge in [0.05, 0.1) is 6.61 Å². The molecule has 17 heavy (non-hydrogen) atoms. The van der Waals surface area contributed by atoms with E-state index in [4.69, 9.17) is 10.5 Å². The second-order valence-corrected chi connectivity index (χ2v) is 5.78. The molecule has 2 saturated heterocycles.